The maximum absolute atomic E-state index is 13.1. The Morgan fingerprint density at radius 1 is 1.07 bits per heavy atom. The van der Waals surface area contributed by atoms with E-state index in [1.54, 1.807) is 55.6 Å². The van der Waals surface area contributed by atoms with Crippen LogP contribution in [-0.2, 0) is 15.1 Å². The van der Waals surface area contributed by atoms with Gasteiger partial charge < -0.3 is 20.1 Å². The number of urea groups is 1. The summed E-state index contributed by atoms with van der Waals surface area (Å²) in [6.07, 6.45) is 0.345. The zero-order valence-electron chi connectivity index (χ0n) is 16.5. The van der Waals surface area contributed by atoms with E-state index in [0.717, 1.165) is 4.90 Å². The first-order valence-corrected chi connectivity index (χ1v) is 9.16. The van der Waals surface area contributed by atoms with Gasteiger partial charge in [0.15, 0.2) is 0 Å². The highest BCUT2D eigenvalue weighted by Gasteiger charge is 2.51. The van der Waals surface area contributed by atoms with Crippen molar-refractivity contribution in [3.63, 3.8) is 0 Å². The van der Waals surface area contributed by atoms with Gasteiger partial charge in [-0.25, -0.2) is 4.79 Å². The predicted octanol–water partition coefficient (Wildman–Crippen LogP) is 2.50. The first kappa shape index (κ1) is 20.2. The Bertz CT molecular complexity index is 928. The predicted molar refractivity (Wildman–Crippen MR) is 107 cm³/mol. The van der Waals surface area contributed by atoms with Crippen LogP contribution < -0.4 is 20.1 Å². The van der Waals surface area contributed by atoms with Crippen LogP contribution in [0.2, 0.25) is 0 Å². The standard InChI is InChI=1S/C21H23N3O5/c1-4-21(14-8-10-16(28-2)11-9-14)19(26)24(20(27)23-21)13-18(25)22-15-6-5-7-17(12-15)29-3/h5-12H,4,13H2,1-3H3,(H,22,25)(H,23,27)/t21-/m1/s1. The Kier molecular flexibility index (Phi) is 5.72. The van der Waals surface area contributed by atoms with E-state index in [1.807, 2.05) is 6.92 Å². The molecule has 1 aliphatic heterocycles. The van der Waals surface area contributed by atoms with Crippen LogP contribution in [0, 0.1) is 0 Å². The molecule has 2 aromatic carbocycles. The Hall–Kier alpha value is -3.55. The van der Waals surface area contributed by atoms with E-state index in [4.69, 9.17) is 9.47 Å². The summed E-state index contributed by atoms with van der Waals surface area (Å²) in [5, 5.41) is 5.43. The van der Waals surface area contributed by atoms with Crippen LogP contribution in [0.3, 0.4) is 0 Å². The van der Waals surface area contributed by atoms with Gasteiger partial charge in [0.2, 0.25) is 5.91 Å². The van der Waals surface area contributed by atoms with Gasteiger partial charge in [0.1, 0.15) is 23.6 Å². The molecule has 0 aliphatic carbocycles. The summed E-state index contributed by atoms with van der Waals surface area (Å²) in [6, 6.07) is 13.1. The highest BCUT2D eigenvalue weighted by molar-refractivity contribution is 6.10. The number of methoxy groups -OCH3 is 2. The largest absolute Gasteiger partial charge is 0.497 e. The minimum Gasteiger partial charge on any atom is -0.497 e. The van der Waals surface area contributed by atoms with Crippen molar-refractivity contribution in [1.29, 1.82) is 0 Å². The quantitative estimate of drug-likeness (QED) is 0.700. The first-order valence-electron chi connectivity index (χ1n) is 9.16. The molecule has 1 atom stereocenters. The highest BCUT2D eigenvalue weighted by Crippen LogP contribution is 2.33. The number of hydrogen-bond donors (Lipinski definition) is 2. The highest BCUT2D eigenvalue weighted by atomic mass is 16.5. The molecule has 8 nitrogen and oxygen atoms in total. The normalized spacial score (nSPS) is 18.4. The van der Waals surface area contributed by atoms with Gasteiger partial charge >= 0.3 is 6.03 Å². The van der Waals surface area contributed by atoms with Crippen molar-refractivity contribution >= 4 is 23.5 Å². The zero-order chi connectivity index (χ0) is 21.0. The monoisotopic (exact) mass is 397 g/mol. The molecule has 1 fully saturated rings. The van der Waals surface area contributed by atoms with Crippen LogP contribution in [0.4, 0.5) is 10.5 Å². The van der Waals surface area contributed by atoms with Crippen molar-refractivity contribution in [2.45, 2.75) is 18.9 Å². The molecule has 3 rings (SSSR count). The van der Waals surface area contributed by atoms with Gasteiger partial charge in [-0.3, -0.25) is 14.5 Å². The first-order chi connectivity index (χ1) is 13.9. The van der Waals surface area contributed by atoms with Crippen LogP contribution in [-0.4, -0.2) is 43.5 Å². The van der Waals surface area contributed by atoms with Crippen LogP contribution >= 0.6 is 0 Å². The Labute approximate surface area is 168 Å². The third kappa shape index (κ3) is 3.87. The maximum Gasteiger partial charge on any atom is 0.325 e. The molecule has 29 heavy (non-hydrogen) atoms. The lowest BCUT2D eigenvalue weighted by molar-refractivity contribution is -0.134. The summed E-state index contributed by atoms with van der Waals surface area (Å²) in [7, 11) is 3.08. The molecule has 0 bridgehead atoms. The summed E-state index contributed by atoms with van der Waals surface area (Å²) in [5.74, 6) is 0.285. The molecule has 8 heteroatoms. The SMILES string of the molecule is CC[C@]1(c2ccc(OC)cc2)NC(=O)N(CC(=O)Nc2cccc(OC)c2)C1=O. The Balaban J connectivity index is 1.77. The molecular formula is C21H23N3O5. The molecule has 1 aliphatic rings. The van der Waals surface area contributed by atoms with Crippen molar-refractivity contribution in [2.75, 3.05) is 26.1 Å². The van der Waals surface area contributed by atoms with Crippen LogP contribution in [0.15, 0.2) is 48.5 Å². The summed E-state index contributed by atoms with van der Waals surface area (Å²) in [6.45, 7) is 1.42. The van der Waals surface area contributed by atoms with Crippen LogP contribution in [0.25, 0.3) is 0 Å². The van der Waals surface area contributed by atoms with Gasteiger partial charge in [-0.1, -0.05) is 25.1 Å². The number of carbonyl (C=O) groups excluding carboxylic acids is 3. The van der Waals surface area contributed by atoms with Crippen molar-refractivity contribution < 1.29 is 23.9 Å². The average molecular weight is 397 g/mol. The fourth-order valence-electron chi connectivity index (χ4n) is 3.33. The number of amides is 4. The van der Waals surface area contributed by atoms with E-state index in [9.17, 15) is 14.4 Å². The van der Waals surface area contributed by atoms with E-state index in [0.29, 0.717) is 29.2 Å². The number of hydrogen-bond acceptors (Lipinski definition) is 5. The minimum atomic E-state index is -1.21. The second-order valence-electron chi connectivity index (χ2n) is 6.59. The van der Waals surface area contributed by atoms with Crippen molar-refractivity contribution in [2.24, 2.45) is 0 Å². The molecule has 4 amide bonds. The van der Waals surface area contributed by atoms with Crippen molar-refractivity contribution in [3.8, 4) is 11.5 Å². The van der Waals surface area contributed by atoms with Gasteiger partial charge in [0, 0.05) is 11.8 Å². The molecule has 1 saturated heterocycles. The Morgan fingerprint density at radius 2 is 1.76 bits per heavy atom. The van der Waals surface area contributed by atoms with Gasteiger partial charge in [-0.15, -0.1) is 0 Å². The number of ether oxygens (including phenoxy) is 2. The molecule has 2 aromatic rings. The molecule has 152 valence electrons. The van der Waals surface area contributed by atoms with E-state index >= 15 is 0 Å². The lowest BCUT2D eigenvalue weighted by Crippen LogP contribution is -2.44. The van der Waals surface area contributed by atoms with Gasteiger partial charge in [-0.2, -0.15) is 0 Å². The number of benzene rings is 2. The molecule has 0 radical (unpaired) electrons. The fraction of sp³-hybridized carbons (Fsp3) is 0.286. The van der Waals surface area contributed by atoms with Gasteiger partial charge in [0.05, 0.1) is 14.2 Å². The maximum atomic E-state index is 13.1. The van der Waals surface area contributed by atoms with E-state index in [1.165, 1.54) is 7.11 Å². The number of carbonyl (C=O) groups is 3. The topological polar surface area (TPSA) is 97.0 Å². The number of anilines is 1. The third-order valence-electron chi connectivity index (χ3n) is 4.94. The van der Waals surface area contributed by atoms with E-state index < -0.39 is 23.4 Å². The second kappa shape index (κ2) is 8.22. The number of rotatable bonds is 7. The van der Waals surface area contributed by atoms with Crippen molar-refractivity contribution in [1.82, 2.24) is 10.2 Å². The smallest absolute Gasteiger partial charge is 0.325 e. The molecule has 0 aromatic heterocycles. The molecule has 0 saturated carbocycles. The molecule has 0 spiro atoms. The lowest BCUT2D eigenvalue weighted by atomic mass is 9.87. The fourth-order valence-corrected chi connectivity index (χ4v) is 3.33. The van der Waals surface area contributed by atoms with Gasteiger partial charge in [0.25, 0.3) is 5.91 Å². The summed E-state index contributed by atoms with van der Waals surface area (Å²) in [5.41, 5.74) is -0.0623. The molecule has 1 heterocycles. The van der Waals surface area contributed by atoms with E-state index in [-0.39, 0.29) is 6.54 Å². The molecule has 0 unspecified atom stereocenters. The Morgan fingerprint density at radius 3 is 2.38 bits per heavy atom. The van der Waals surface area contributed by atoms with Gasteiger partial charge in [-0.05, 0) is 36.2 Å². The summed E-state index contributed by atoms with van der Waals surface area (Å²) in [4.78, 5) is 39.0. The summed E-state index contributed by atoms with van der Waals surface area (Å²) < 4.78 is 10.3. The minimum absolute atomic E-state index is 0.345. The third-order valence-corrected chi connectivity index (χ3v) is 4.94. The van der Waals surface area contributed by atoms with Crippen molar-refractivity contribution in [3.05, 3.63) is 54.1 Å². The molecule has 2 N–H and O–H groups in total. The zero-order valence-corrected chi connectivity index (χ0v) is 16.5. The molecular weight excluding hydrogens is 374 g/mol. The van der Waals surface area contributed by atoms with Crippen LogP contribution in [0.5, 0.6) is 11.5 Å². The van der Waals surface area contributed by atoms with Crippen LogP contribution in [0.1, 0.15) is 18.9 Å². The number of nitrogens with zero attached hydrogens (tertiary/aromatic N) is 1. The average Bonchev–Trinajstić information content (AvgIpc) is 2.99. The van der Waals surface area contributed by atoms with E-state index in [2.05, 4.69) is 10.6 Å². The lowest BCUT2D eigenvalue weighted by Gasteiger charge is -2.26. The summed E-state index contributed by atoms with van der Waals surface area (Å²) >= 11 is 0. The second-order valence-corrected chi connectivity index (χ2v) is 6.59. The number of nitrogens with one attached hydrogen (secondary N) is 2. The number of imide groups is 1.